The van der Waals surface area contributed by atoms with E-state index in [-0.39, 0.29) is 11.8 Å². The molecule has 1 aliphatic rings. The molecule has 0 unspecified atom stereocenters. The van der Waals surface area contributed by atoms with Crippen molar-refractivity contribution in [2.75, 3.05) is 26.3 Å². The van der Waals surface area contributed by atoms with Gasteiger partial charge in [-0.2, -0.15) is 0 Å². The Balaban J connectivity index is 1.39. The van der Waals surface area contributed by atoms with Crippen LogP contribution >= 0.6 is 11.6 Å². The van der Waals surface area contributed by atoms with Gasteiger partial charge in [0.05, 0.1) is 5.02 Å². The fraction of sp³-hybridized carbons (Fsp3) is 0.316. The molecule has 0 atom stereocenters. The van der Waals surface area contributed by atoms with Gasteiger partial charge in [0.25, 0.3) is 0 Å². The molecule has 1 aliphatic heterocycles. The summed E-state index contributed by atoms with van der Waals surface area (Å²) >= 11 is 6.20. The maximum absolute atomic E-state index is 12.8. The van der Waals surface area contributed by atoms with Crippen molar-refractivity contribution in [2.45, 2.75) is 12.8 Å². The number of carbonyl (C=O) groups excluding carboxylic acids is 1. The summed E-state index contributed by atoms with van der Waals surface area (Å²) < 4.78 is 23.9. The van der Waals surface area contributed by atoms with Gasteiger partial charge in [-0.1, -0.05) is 23.7 Å². The molecule has 0 saturated heterocycles. The Morgan fingerprint density at radius 2 is 1.65 bits per heavy atom. The van der Waals surface area contributed by atoms with Gasteiger partial charge in [-0.3, -0.25) is 0 Å². The number of hydrogen-bond acceptors (Lipinski definition) is 3. The first-order valence-corrected chi connectivity index (χ1v) is 8.84. The van der Waals surface area contributed by atoms with E-state index in [4.69, 9.17) is 21.1 Å². The molecule has 0 aliphatic carbocycles. The highest BCUT2D eigenvalue weighted by Gasteiger charge is 2.16. The van der Waals surface area contributed by atoms with Gasteiger partial charge in [-0.25, -0.2) is 9.18 Å². The van der Waals surface area contributed by atoms with E-state index in [0.717, 1.165) is 11.1 Å². The lowest BCUT2D eigenvalue weighted by atomic mass is 10.1. The van der Waals surface area contributed by atoms with E-state index in [1.807, 2.05) is 12.1 Å². The molecular formula is C19H20ClFN2O3. The van der Waals surface area contributed by atoms with Gasteiger partial charge in [-0.05, 0) is 48.2 Å². The van der Waals surface area contributed by atoms with Gasteiger partial charge in [0.15, 0.2) is 11.5 Å². The molecule has 2 aromatic carbocycles. The number of amides is 2. The molecule has 0 aromatic heterocycles. The monoisotopic (exact) mass is 378 g/mol. The molecule has 0 saturated carbocycles. The first kappa shape index (κ1) is 18.3. The Labute approximate surface area is 156 Å². The summed E-state index contributed by atoms with van der Waals surface area (Å²) in [5, 5.41) is 6.09. The Hall–Kier alpha value is -2.47. The van der Waals surface area contributed by atoms with Crippen LogP contribution in [0.5, 0.6) is 11.5 Å². The van der Waals surface area contributed by atoms with Crippen molar-refractivity contribution in [1.29, 1.82) is 0 Å². The van der Waals surface area contributed by atoms with Crippen molar-refractivity contribution < 1.29 is 18.7 Å². The zero-order valence-electron chi connectivity index (χ0n) is 14.2. The summed E-state index contributed by atoms with van der Waals surface area (Å²) in [6, 6.07) is 9.70. The number of rotatable bonds is 6. The number of nitrogens with one attached hydrogen (secondary N) is 2. The average Bonchev–Trinajstić information content (AvgIpc) is 2.63. The van der Waals surface area contributed by atoms with Gasteiger partial charge >= 0.3 is 6.03 Å². The van der Waals surface area contributed by atoms with E-state index in [1.165, 1.54) is 12.1 Å². The summed E-state index contributed by atoms with van der Waals surface area (Å²) in [7, 11) is 0. The predicted octanol–water partition coefficient (Wildman–Crippen LogP) is 3.33. The molecule has 2 N–H and O–H groups in total. The van der Waals surface area contributed by atoms with Crippen LogP contribution in [-0.2, 0) is 12.8 Å². The Kier molecular flexibility index (Phi) is 6.17. The minimum atomic E-state index is -0.265. The van der Waals surface area contributed by atoms with Crippen molar-refractivity contribution >= 4 is 17.6 Å². The van der Waals surface area contributed by atoms with Crippen LogP contribution in [0.3, 0.4) is 0 Å². The number of halogens is 2. The smallest absolute Gasteiger partial charge is 0.314 e. The molecule has 2 amide bonds. The third-order valence-electron chi connectivity index (χ3n) is 3.97. The normalized spacial score (nSPS) is 12.5. The number of urea groups is 1. The van der Waals surface area contributed by atoms with E-state index in [1.54, 1.807) is 12.1 Å². The highest BCUT2D eigenvalue weighted by atomic mass is 35.5. The number of benzene rings is 2. The van der Waals surface area contributed by atoms with E-state index in [2.05, 4.69) is 10.6 Å². The Morgan fingerprint density at radius 3 is 2.38 bits per heavy atom. The average molecular weight is 379 g/mol. The lowest BCUT2D eigenvalue weighted by molar-refractivity contribution is 0.171. The molecule has 0 fully saturated rings. The Morgan fingerprint density at radius 1 is 1.00 bits per heavy atom. The van der Waals surface area contributed by atoms with Crippen LogP contribution in [0.2, 0.25) is 5.02 Å². The van der Waals surface area contributed by atoms with Crippen LogP contribution in [0.15, 0.2) is 36.4 Å². The van der Waals surface area contributed by atoms with Crippen molar-refractivity contribution in [2.24, 2.45) is 0 Å². The fourth-order valence-corrected chi connectivity index (χ4v) is 2.95. The van der Waals surface area contributed by atoms with Gasteiger partial charge in [-0.15, -0.1) is 0 Å². The summed E-state index contributed by atoms with van der Waals surface area (Å²) in [5.74, 6) is 0.953. The standard InChI is InChI=1S/C19H20ClFN2O3/c20-16-11-14(12-17-18(16)26-10-9-25-17)6-8-23-19(24)22-7-5-13-1-3-15(21)4-2-13/h1-4,11-12H,5-10H2,(H2,22,23,24). The van der Waals surface area contributed by atoms with Crippen molar-refractivity contribution in [3.05, 3.63) is 58.4 Å². The summed E-state index contributed by atoms with van der Waals surface area (Å²) in [5.41, 5.74) is 1.93. The lowest BCUT2D eigenvalue weighted by Crippen LogP contribution is -2.37. The topological polar surface area (TPSA) is 59.6 Å². The minimum Gasteiger partial charge on any atom is -0.486 e. The molecule has 0 spiro atoms. The third kappa shape index (κ3) is 5.02. The first-order valence-electron chi connectivity index (χ1n) is 8.46. The number of hydrogen-bond donors (Lipinski definition) is 2. The minimum absolute atomic E-state index is 0.240. The fourth-order valence-electron chi connectivity index (χ4n) is 2.66. The quantitative estimate of drug-likeness (QED) is 0.810. The molecule has 5 nitrogen and oxygen atoms in total. The molecular weight excluding hydrogens is 359 g/mol. The van der Waals surface area contributed by atoms with Crippen LogP contribution in [0.4, 0.5) is 9.18 Å². The highest BCUT2D eigenvalue weighted by Crippen LogP contribution is 2.38. The lowest BCUT2D eigenvalue weighted by Gasteiger charge is -2.20. The predicted molar refractivity (Wildman–Crippen MR) is 97.7 cm³/mol. The van der Waals surface area contributed by atoms with Crippen LogP contribution in [0.1, 0.15) is 11.1 Å². The Bertz CT molecular complexity index is 768. The number of fused-ring (bicyclic) bond motifs is 1. The second-order valence-corrected chi connectivity index (χ2v) is 6.32. The van der Waals surface area contributed by atoms with E-state index < -0.39 is 0 Å². The molecule has 26 heavy (non-hydrogen) atoms. The second-order valence-electron chi connectivity index (χ2n) is 5.91. The van der Waals surface area contributed by atoms with Gasteiger partial charge < -0.3 is 20.1 Å². The van der Waals surface area contributed by atoms with Crippen molar-refractivity contribution in [1.82, 2.24) is 10.6 Å². The molecule has 1 heterocycles. The van der Waals surface area contributed by atoms with Crippen LogP contribution < -0.4 is 20.1 Å². The van der Waals surface area contributed by atoms with Crippen molar-refractivity contribution in [3.63, 3.8) is 0 Å². The zero-order valence-corrected chi connectivity index (χ0v) is 14.9. The largest absolute Gasteiger partial charge is 0.486 e. The maximum atomic E-state index is 12.8. The second kappa shape index (κ2) is 8.76. The van der Waals surface area contributed by atoms with E-state index >= 15 is 0 Å². The number of ether oxygens (including phenoxy) is 2. The maximum Gasteiger partial charge on any atom is 0.314 e. The van der Waals surface area contributed by atoms with Gasteiger partial charge in [0, 0.05) is 13.1 Å². The van der Waals surface area contributed by atoms with Gasteiger partial charge in [0.2, 0.25) is 0 Å². The molecule has 0 bridgehead atoms. The molecule has 7 heteroatoms. The SMILES string of the molecule is O=C(NCCc1ccc(F)cc1)NCCc1cc(Cl)c2c(c1)OCCO2. The van der Waals surface area contributed by atoms with E-state index in [0.29, 0.717) is 55.7 Å². The van der Waals surface area contributed by atoms with E-state index in [9.17, 15) is 9.18 Å². The summed E-state index contributed by atoms with van der Waals surface area (Å²) in [6.45, 7) is 1.94. The van der Waals surface area contributed by atoms with Crippen LogP contribution in [0, 0.1) is 5.82 Å². The zero-order chi connectivity index (χ0) is 18.4. The molecule has 0 radical (unpaired) electrons. The van der Waals surface area contributed by atoms with Crippen LogP contribution in [0.25, 0.3) is 0 Å². The summed E-state index contributed by atoms with van der Waals surface area (Å²) in [6.07, 6.45) is 1.27. The molecule has 3 rings (SSSR count). The molecule has 2 aromatic rings. The first-order chi connectivity index (χ1) is 12.6. The number of carbonyl (C=O) groups is 1. The van der Waals surface area contributed by atoms with Crippen LogP contribution in [-0.4, -0.2) is 32.3 Å². The summed E-state index contributed by atoms with van der Waals surface area (Å²) in [4.78, 5) is 11.8. The van der Waals surface area contributed by atoms with Gasteiger partial charge in [0.1, 0.15) is 19.0 Å². The highest BCUT2D eigenvalue weighted by molar-refractivity contribution is 6.32. The third-order valence-corrected chi connectivity index (χ3v) is 4.25. The van der Waals surface area contributed by atoms with Crippen molar-refractivity contribution in [3.8, 4) is 11.5 Å². The molecule has 138 valence electrons.